The number of hydrogen-bond acceptors (Lipinski definition) is 6. The van der Waals surface area contributed by atoms with Crippen LogP contribution in [-0.2, 0) is 11.3 Å². The molecule has 27 heavy (non-hydrogen) atoms. The predicted molar refractivity (Wildman–Crippen MR) is 104 cm³/mol. The first-order valence-electron chi connectivity index (χ1n) is 8.62. The van der Waals surface area contributed by atoms with Gasteiger partial charge in [-0.25, -0.2) is 4.98 Å². The van der Waals surface area contributed by atoms with Crippen molar-refractivity contribution in [2.24, 2.45) is 0 Å². The van der Waals surface area contributed by atoms with E-state index in [0.717, 1.165) is 11.3 Å². The maximum Gasteiger partial charge on any atom is 0.256 e. The molecular formula is C19H23N3O4S. The lowest BCUT2D eigenvalue weighted by Gasteiger charge is -2.25. The third kappa shape index (κ3) is 3.80. The van der Waals surface area contributed by atoms with Gasteiger partial charge in [0.1, 0.15) is 11.9 Å². The molecule has 1 aliphatic rings. The summed E-state index contributed by atoms with van der Waals surface area (Å²) in [4.78, 5) is 31.2. The van der Waals surface area contributed by atoms with Crippen LogP contribution in [0.15, 0.2) is 29.3 Å². The molecule has 0 saturated carbocycles. The summed E-state index contributed by atoms with van der Waals surface area (Å²) in [5.74, 6) is 2.01. The smallest absolute Gasteiger partial charge is 0.256 e. The molecule has 1 unspecified atom stereocenters. The number of carbonyl (C=O) groups excluding carboxylic acids is 1. The number of benzene rings is 1. The van der Waals surface area contributed by atoms with E-state index in [1.54, 1.807) is 44.7 Å². The van der Waals surface area contributed by atoms with Crippen LogP contribution in [0.4, 0.5) is 0 Å². The SMILES string of the molecule is COc1ccc(C2SCCN2C(=O)Cn2cnc(C)c(C)c2=O)cc1OC. The van der Waals surface area contributed by atoms with E-state index in [4.69, 9.17) is 9.47 Å². The van der Waals surface area contributed by atoms with Crippen LogP contribution in [0.1, 0.15) is 22.2 Å². The molecule has 1 fully saturated rings. The minimum Gasteiger partial charge on any atom is -0.493 e. The fraction of sp³-hybridized carbons (Fsp3) is 0.421. The topological polar surface area (TPSA) is 73.7 Å². The molecule has 1 saturated heterocycles. The molecule has 0 radical (unpaired) electrons. The van der Waals surface area contributed by atoms with Gasteiger partial charge < -0.3 is 14.4 Å². The number of rotatable bonds is 5. The standard InChI is InChI=1S/C19H23N3O4S/c1-12-13(2)20-11-21(18(12)24)10-17(23)22-7-8-27-19(22)14-5-6-15(25-3)16(9-14)26-4/h5-6,9,11,19H,7-8,10H2,1-4H3. The first kappa shape index (κ1) is 19.3. The number of amides is 1. The van der Waals surface area contributed by atoms with Gasteiger partial charge in [0.15, 0.2) is 11.5 Å². The Morgan fingerprint density at radius 1 is 1.26 bits per heavy atom. The van der Waals surface area contributed by atoms with Crippen molar-refractivity contribution in [1.29, 1.82) is 0 Å². The molecular weight excluding hydrogens is 366 g/mol. The second-order valence-corrected chi connectivity index (χ2v) is 7.50. The minimum atomic E-state index is -0.176. The van der Waals surface area contributed by atoms with Crippen LogP contribution in [0.2, 0.25) is 0 Å². The highest BCUT2D eigenvalue weighted by Crippen LogP contribution is 2.41. The molecule has 2 heterocycles. The molecule has 1 amide bonds. The highest BCUT2D eigenvalue weighted by atomic mass is 32.2. The summed E-state index contributed by atoms with van der Waals surface area (Å²) >= 11 is 1.69. The van der Waals surface area contributed by atoms with E-state index in [1.807, 2.05) is 18.2 Å². The summed E-state index contributed by atoms with van der Waals surface area (Å²) in [5.41, 5.74) is 2.04. The lowest BCUT2D eigenvalue weighted by atomic mass is 10.1. The molecule has 1 aromatic carbocycles. The Balaban J connectivity index is 1.83. The number of ether oxygens (including phenoxy) is 2. The van der Waals surface area contributed by atoms with Crippen LogP contribution in [0.5, 0.6) is 11.5 Å². The van der Waals surface area contributed by atoms with Crippen LogP contribution in [0, 0.1) is 13.8 Å². The first-order chi connectivity index (χ1) is 13.0. The van der Waals surface area contributed by atoms with E-state index in [2.05, 4.69) is 4.98 Å². The molecule has 0 bridgehead atoms. The molecule has 0 N–H and O–H groups in total. The maximum atomic E-state index is 12.9. The monoisotopic (exact) mass is 389 g/mol. The third-order valence-electron chi connectivity index (χ3n) is 4.72. The van der Waals surface area contributed by atoms with Crippen LogP contribution in [0.3, 0.4) is 0 Å². The highest BCUT2D eigenvalue weighted by Gasteiger charge is 2.31. The van der Waals surface area contributed by atoms with Gasteiger partial charge in [-0.3, -0.25) is 14.2 Å². The van der Waals surface area contributed by atoms with Crippen molar-refractivity contribution in [2.45, 2.75) is 25.8 Å². The van der Waals surface area contributed by atoms with Gasteiger partial charge in [0.2, 0.25) is 5.91 Å². The van der Waals surface area contributed by atoms with Crippen molar-refractivity contribution < 1.29 is 14.3 Å². The Labute approximate surface area is 162 Å². The molecule has 1 aliphatic heterocycles. The minimum absolute atomic E-state index is 0.0166. The van der Waals surface area contributed by atoms with Gasteiger partial charge in [0, 0.05) is 23.6 Å². The molecule has 0 aliphatic carbocycles. The number of carbonyl (C=O) groups is 1. The molecule has 2 aromatic rings. The summed E-state index contributed by atoms with van der Waals surface area (Å²) < 4.78 is 12.0. The fourth-order valence-electron chi connectivity index (χ4n) is 3.03. The molecule has 8 heteroatoms. The average molecular weight is 389 g/mol. The molecule has 7 nitrogen and oxygen atoms in total. The molecule has 1 atom stereocenters. The van der Waals surface area contributed by atoms with Crippen LogP contribution >= 0.6 is 11.8 Å². The average Bonchev–Trinajstić information content (AvgIpc) is 3.17. The summed E-state index contributed by atoms with van der Waals surface area (Å²) in [7, 11) is 3.18. The summed E-state index contributed by atoms with van der Waals surface area (Å²) in [6, 6.07) is 5.67. The summed E-state index contributed by atoms with van der Waals surface area (Å²) in [5, 5.41) is -0.118. The van der Waals surface area contributed by atoms with Gasteiger partial charge >= 0.3 is 0 Å². The molecule has 0 spiro atoms. The van der Waals surface area contributed by atoms with Crippen molar-refractivity contribution in [3.63, 3.8) is 0 Å². The van der Waals surface area contributed by atoms with Crippen molar-refractivity contribution in [2.75, 3.05) is 26.5 Å². The Kier molecular flexibility index (Phi) is 5.74. The van der Waals surface area contributed by atoms with Crippen molar-refractivity contribution in [1.82, 2.24) is 14.5 Å². The molecule has 1 aromatic heterocycles. The number of nitrogens with zero attached hydrogens (tertiary/aromatic N) is 3. The van der Waals surface area contributed by atoms with Gasteiger partial charge in [-0.2, -0.15) is 0 Å². The number of hydrogen-bond donors (Lipinski definition) is 0. The number of thioether (sulfide) groups is 1. The second-order valence-electron chi connectivity index (χ2n) is 6.31. The number of aromatic nitrogens is 2. The third-order valence-corrected chi connectivity index (χ3v) is 5.99. The Morgan fingerprint density at radius 2 is 2.00 bits per heavy atom. The zero-order chi connectivity index (χ0) is 19.6. The lowest BCUT2D eigenvalue weighted by Crippen LogP contribution is -2.36. The quantitative estimate of drug-likeness (QED) is 0.780. The number of methoxy groups -OCH3 is 2. The predicted octanol–water partition coefficient (Wildman–Crippen LogP) is 2.15. The summed E-state index contributed by atoms with van der Waals surface area (Å²) in [6.07, 6.45) is 1.44. The van der Waals surface area contributed by atoms with Crippen molar-refractivity contribution in [3.05, 3.63) is 51.7 Å². The van der Waals surface area contributed by atoms with Gasteiger partial charge in [-0.15, -0.1) is 11.8 Å². The fourth-order valence-corrected chi connectivity index (χ4v) is 4.30. The molecule has 3 rings (SSSR count). The Morgan fingerprint density at radius 3 is 2.70 bits per heavy atom. The lowest BCUT2D eigenvalue weighted by molar-refractivity contribution is -0.132. The molecule has 144 valence electrons. The van der Waals surface area contributed by atoms with E-state index < -0.39 is 0 Å². The van der Waals surface area contributed by atoms with Gasteiger partial charge in [-0.1, -0.05) is 6.07 Å². The zero-order valence-corrected chi connectivity index (χ0v) is 16.7. The van der Waals surface area contributed by atoms with Gasteiger partial charge in [0.25, 0.3) is 5.56 Å². The van der Waals surface area contributed by atoms with E-state index in [-0.39, 0.29) is 23.4 Å². The van der Waals surface area contributed by atoms with E-state index in [1.165, 1.54) is 10.9 Å². The summed E-state index contributed by atoms with van der Waals surface area (Å²) in [6.45, 7) is 4.13. The normalized spacial score (nSPS) is 16.4. The zero-order valence-electron chi connectivity index (χ0n) is 15.9. The maximum absolute atomic E-state index is 12.9. The largest absolute Gasteiger partial charge is 0.493 e. The van der Waals surface area contributed by atoms with E-state index in [0.29, 0.717) is 29.3 Å². The Hall–Kier alpha value is -2.48. The van der Waals surface area contributed by atoms with E-state index in [9.17, 15) is 9.59 Å². The van der Waals surface area contributed by atoms with Crippen LogP contribution in [0.25, 0.3) is 0 Å². The van der Waals surface area contributed by atoms with E-state index >= 15 is 0 Å². The number of aryl methyl sites for hydroxylation is 1. The van der Waals surface area contributed by atoms with Crippen LogP contribution < -0.4 is 15.0 Å². The van der Waals surface area contributed by atoms with Gasteiger partial charge in [0.05, 0.1) is 20.5 Å². The second kappa shape index (κ2) is 8.04. The van der Waals surface area contributed by atoms with Crippen molar-refractivity contribution >= 4 is 17.7 Å². The Bertz CT molecular complexity index is 912. The van der Waals surface area contributed by atoms with Crippen LogP contribution in [-0.4, -0.2) is 46.9 Å². The highest BCUT2D eigenvalue weighted by molar-refractivity contribution is 7.99. The first-order valence-corrected chi connectivity index (χ1v) is 9.66. The van der Waals surface area contributed by atoms with Crippen molar-refractivity contribution in [3.8, 4) is 11.5 Å². The van der Waals surface area contributed by atoms with Gasteiger partial charge in [-0.05, 0) is 31.5 Å².